The largest absolute Gasteiger partial charge is 0.372 e. The lowest BCUT2D eigenvalue weighted by Crippen LogP contribution is -2.24. The van der Waals surface area contributed by atoms with Gasteiger partial charge in [-0.25, -0.2) is 4.98 Å². The van der Waals surface area contributed by atoms with Gasteiger partial charge in [0.05, 0.1) is 12.1 Å². The molecular formula is C9H11N7O. The molecule has 0 aromatic carbocycles. The lowest BCUT2D eigenvalue weighted by atomic mass is 10.2. The first-order valence-corrected chi connectivity index (χ1v) is 4.94. The van der Waals surface area contributed by atoms with Crippen LogP contribution < -0.4 is 10.6 Å². The monoisotopic (exact) mass is 233 g/mol. The number of carbonyl (C=O) groups is 1. The summed E-state index contributed by atoms with van der Waals surface area (Å²) in [6.45, 7) is 0.216. The van der Waals surface area contributed by atoms with Crippen LogP contribution in [0.15, 0.2) is 18.3 Å². The minimum absolute atomic E-state index is 0.216. The van der Waals surface area contributed by atoms with E-state index in [2.05, 4.69) is 36.2 Å². The average Bonchev–Trinajstić information content (AvgIpc) is 2.89. The van der Waals surface area contributed by atoms with Crippen LogP contribution in [0, 0.1) is 0 Å². The van der Waals surface area contributed by atoms with Crippen molar-refractivity contribution < 1.29 is 4.79 Å². The Hall–Kier alpha value is -2.51. The summed E-state index contributed by atoms with van der Waals surface area (Å²) in [5.74, 6) is 0.707. The molecule has 0 bridgehead atoms. The standard InChI is InChI=1S/C9H11N7O/c1-10-8-6(3-2-4-11-8)9(17)12-5-7-13-15-16-14-7/h2-4H,5H2,1H3,(H,10,11)(H,12,17)(H,13,14,15,16). The van der Waals surface area contributed by atoms with E-state index in [4.69, 9.17) is 0 Å². The highest BCUT2D eigenvalue weighted by Crippen LogP contribution is 2.09. The number of aromatic nitrogens is 5. The number of rotatable bonds is 4. The van der Waals surface area contributed by atoms with Crippen LogP contribution in [0.4, 0.5) is 5.82 Å². The van der Waals surface area contributed by atoms with Gasteiger partial charge < -0.3 is 10.6 Å². The summed E-state index contributed by atoms with van der Waals surface area (Å²) in [5.41, 5.74) is 0.471. The number of hydrogen-bond acceptors (Lipinski definition) is 6. The summed E-state index contributed by atoms with van der Waals surface area (Å²) in [4.78, 5) is 15.9. The second-order valence-corrected chi connectivity index (χ2v) is 3.16. The van der Waals surface area contributed by atoms with Gasteiger partial charge in [-0.05, 0) is 12.1 Å². The number of tetrazole rings is 1. The third-order valence-corrected chi connectivity index (χ3v) is 2.09. The van der Waals surface area contributed by atoms with Crippen LogP contribution >= 0.6 is 0 Å². The number of H-pyrrole nitrogens is 1. The molecule has 1 amide bonds. The Bertz CT molecular complexity index is 496. The van der Waals surface area contributed by atoms with Crippen LogP contribution in [0.3, 0.4) is 0 Å². The van der Waals surface area contributed by atoms with Crippen molar-refractivity contribution in [3.05, 3.63) is 29.7 Å². The molecule has 17 heavy (non-hydrogen) atoms. The number of nitrogens with one attached hydrogen (secondary N) is 3. The molecule has 0 aliphatic heterocycles. The van der Waals surface area contributed by atoms with Gasteiger partial charge in [-0.3, -0.25) is 4.79 Å². The SMILES string of the molecule is CNc1ncccc1C(=O)NCc1nn[nH]n1. The molecule has 0 saturated heterocycles. The number of amides is 1. The molecule has 2 aromatic rings. The Morgan fingerprint density at radius 1 is 1.53 bits per heavy atom. The van der Waals surface area contributed by atoms with Gasteiger partial charge in [-0.1, -0.05) is 5.21 Å². The summed E-state index contributed by atoms with van der Waals surface area (Å²) < 4.78 is 0. The molecule has 0 aliphatic rings. The number of hydrogen-bond donors (Lipinski definition) is 3. The molecule has 0 spiro atoms. The van der Waals surface area contributed by atoms with Crippen molar-refractivity contribution in [1.29, 1.82) is 0 Å². The zero-order valence-electron chi connectivity index (χ0n) is 9.14. The Morgan fingerprint density at radius 2 is 2.41 bits per heavy atom. The van der Waals surface area contributed by atoms with Gasteiger partial charge in [-0.15, -0.1) is 10.2 Å². The van der Waals surface area contributed by atoms with Gasteiger partial charge in [0.15, 0.2) is 5.82 Å². The summed E-state index contributed by atoms with van der Waals surface area (Å²) >= 11 is 0. The van der Waals surface area contributed by atoms with E-state index in [1.807, 2.05) is 0 Å². The number of carbonyl (C=O) groups excluding carboxylic acids is 1. The van der Waals surface area contributed by atoms with Crippen LogP contribution in [-0.2, 0) is 6.54 Å². The zero-order valence-corrected chi connectivity index (χ0v) is 9.14. The third kappa shape index (κ3) is 2.54. The second kappa shape index (κ2) is 5.01. The lowest BCUT2D eigenvalue weighted by molar-refractivity contribution is 0.0950. The maximum atomic E-state index is 11.8. The molecule has 0 fully saturated rings. The minimum atomic E-state index is -0.243. The number of aromatic amines is 1. The molecule has 3 N–H and O–H groups in total. The number of nitrogens with zero attached hydrogens (tertiary/aromatic N) is 4. The van der Waals surface area contributed by atoms with Gasteiger partial charge in [0, 0.05) is 13.2 Å². The zero-order chi connectivity index (χ0) is 12.1. The Balaban J connectivity index is 2.04. The van der Waals surface area contributed by atoms with Crippen molar-refractivity contribution in [3.8, 4) is 0 Å². The normalized spacial score (nSPS) is 9.94. The van der Waals surface area contributed by atoms with Crippen molar-refractivity contribution in [2.45, 2.75) is 6.54 Å². The van der Waals surface area contributed by atoms with Crippen molar-refractivity contribution in [2.24, 2.45) is 0 Å². The van der Waals surface area contributed by atoms with Gasteiger partial charge in [0.1, 0.15) is 5.82 Å². The van der Waals surface area contributed by atoms with E-state index in [0.717, 1.165) is 0 Å². The van der Waals surface area contributed by atoms with E-state index in [1.54, 1.807) is 25.4 Å². The fraction of sp³-hybridized carbons (Fsp3) is 0.222. The third-order valence-electron chi connectivity index (χ3n) is 2.09. The van der Waals surface area contributed by atoms with Crippen LogP contribution in [0.5, 0.6) is 0 Å². The molecule has 88 valence electrons. The summed E-state index contributed by atoms with van der Waals surface area (Å²) in [7, 11) is 1.71. The smallest absolute Gasteiger partial charge is 0.255 e. The second-order valence-electron chi connectivity index (χ2n) is 3.16. The molecule has 8 nitrogen and oxygen atoms in total. The summed E-state index contributed by atoms with van der Waals surface area (Å²) in [6, 6.07) is 3.38. The van der Waals surface area contributed by atoms with Gasteiger partial charge in [-0.2, -0.15) is 5.21 Å². The van der Waals surface area contributed by atoms with Gasteiger partial charge in [0.2, 0.25) is 0 Å². The molecule has 2 aromatic heterocycles. The molecule has 2 rings (SSSR count). The highest BCUT2D eigenvalue weighted by atomic mass is 16.1. The lowest BCUT2D eigenvalue weighted by Gasteiger charge is -2.06. The van der Waals surface area contributed by atoms with Crippen LogP contribution in [-0.4, -0.2) is 38.6 Å². The maximum Gasteiger partial charge on any atom is 0.255 e. The van der Waals surface area contributed by atoms with E-state index in [-0.39, 0.29) is 12.5 Å². The summed E-state index contributed by atoms with van der Waals surface area (Å²) in [5, 5.41) is 18.7. The molecule has 0 atom stereocenters. The fourth-order valence-corrected chi connectivity index (χ4v) is 1.30. The number of anilines is 1. The first kappa shape index (κ1) is 11.0. The van der Waals surface area contributed by atoms with Gasteiger partial charge in [0.25, 0.3) is 5.91 Å². The highest BCUT2D eigenvalue weighted by molar-refractivity contribution is 5.98. The highest BCUT2D eigenvalue weighted by Gasteiger charge is 2.11. The topological polar surface area (TPSA) is 108 Å². The molecular weight excluding hydrogens is 222 g/mol. The maximum absolute atomic E-state index is 11.8. The molecule has 2 heterocycles. The number of pyridine rings is 1. The van der Waals surface area contributed by atoms with E-state index in [0.29, 0.717) is 17.2 Å². The summed E-state index contributed by atoms with van der Waals surface area (Å²) in [6.07, 6.45) is 1.61. The molecule has 0 saturated carbocycles. The van der Waals surface area contributed by atoms with Crippen LogP contribution in [0.25, 0.3) is 0 Å². The Labute approximate surface area is 96.8 Å². The van der Waals surface area contributed by atoms with Crippen LogP contribution in [0.1, 0.15) is 16.2 Å². The quantitative estimate of drug-likeness (QED) is 0.661. The average molecular weight is 233 g/mol. The van der Waals surface area contributed by atoms with Crippen molar-refractivity contribution in [3.63, 3.8) is 0 Å². The molecule has 8 heteroatoms. The van der Waals surface area contributed by atoms with Crippen molar-refractivity contribution in [1.82, 2.24) is 30.9 Å². The molecule has 0 unspecified atom stereocenters. The van der Waals surface area contributed by atoms with E-state index < -0.39 is 0 Å². The minimum Gasteiger partial charge on any atom is -0.372 e. The van der Waals surface area contributed by atoms with E-state index in [1.165, 1.54) is 0 Å². The van der Waals surface area contributed by atoms with Crippen molar-refractivity contribution in [2.75, 3.05) is 12.4 Å². The fourth-order valence-electron chi connectivity index (χ4n) is 1.30. The van der Waals surface area contributed by atoms with Gasteiger partial charge >= 0.3 is 0 Å². The van der Waals surface area contributed by atoms with Crippen LogP contribution in [0.2, 0.25) is 0 Å². The predicted molar refractivity (Wildman–Crippen MR) is 59.1 cm³/mol. The first-order chi connectivity index (χ1) is 8.31. The van der Waals surface area contributed by atoms with E-state index in [9.17, 15) is 4.79 Å². The Kier molecular flexibility index (Phi) is 3.24. The molecule has 0 aliphatic carbocycles. The predicted octanol–water partition coefficient (Wildman–Crippen LogP) is -0.434. The van der Waals surface area contributed by atoms with Crippen molar-refractivity contribution >= 4 is 11.7 Å². The molecule has 0 radical (unpaired) electrons. The Morgan fingerprint density at radius 3 is 3.12 bits per heavy atom. The van der Waals surface area contributed by atoms with E-state index >= 15 is 0 Å². The first-order valence-electron chi connectivity index (χ1n) is 4.94.